The van der Waals surface area contributed by atoms with Crippen molar-refractivity contribution in [2.75, 3.05) is 13.6 Å². The van der Waals surface area contributed by atoms with Crippen LogP contribution in [0.1, 0.15) is 41.6 Å². The van der Waals surface area contributed by atoms with Gasteiger partial charge < -0.3 is 15.8 Å². The first kappa shape index (κ1) is 14.4. The highest BCUT2D eigenvalue weighted by Gasteiger charge is 2.20. The summed E-state index contributed by atoms with van der Waals surface area (Å²) >= 11 is 0. The zero-order chi connectivity index (χ0) is 14.5. The number of hydrogen-bond acceptors (Lipinski definition) is 3. The van der Waals surface area contributed by atoms with E-state index in [1.54, 1.807) is 29.2 Å². The van der Waals surface area contributed by atoms with Crippen molar-refractivity contribution in [2.24, 2.45) is 16.8 Å². The van der Waals surface area contributed by atoms with Crippen molar-refractivity contribution >= 4 is 11.7 Å². The van der Waals surface area contributed by atoms with Crippen LogP contribution in [0.3, 0.4) is 0 Å². The van der Waals surface area contributed by atoms with Crippen LogP contribution in [0.5, 0.6) is 0 Å². The third-order valence-electron chi connectivity index (χ3n) is 3.87. The zero-order valence-electron chi connectivity index (χ0n) is 11.7. The van der Waals surface area contributed by atoms with Crippen LogP contribution in [0.4, 0.5) is 0 Å². The van der Waals surface area contributed by atoms with Crippen LogP contribution in [0.25, 0.3) is 0 Å². The first-order valence-electron chi connectivity index (χ1n) is 6.95. The van der Waals surface area contributed by atoms with Crippen LogP contribution >= 0.6 is 0 Å². The summed E-state index contributed by atoms with van der Waals surface area (Å²) in [5.41, 5.74) is 6.66. The number of carbonyl (C=O) groups excluding carboxylic acids is 1. The summed E-state index contributed by atoms with van der Waals surface area (Å²) < 4.78 is 0. The lowest BCUT2D eigenvalue weighted by atomic mass is 10.1. The van der Waals surface area contributed by atoms with Crippen molar-refractivity contribution in [1.82, 2.24) is 4.90 Å². The fourth-order valence-corrected chi connectivity index (χ4v) is 2.75. The van der Waals surface area contributed by atoms with Crippen LogP contribution in [0.15, 0.2) is 29.4 Å². The van der Waals surface area contributed by atoms with E-state index < -0.39 is 0 Å². The predicted octanol–water partition coefficient (Wildman–Crippen LogP) is 2.04. The minimum atomic E-state index is -0.0236. The Labute approximate surface area is 119 Å². The Morgan fingerprint density at radius 2 is 2.05 bits per heavy atom. The predicted molar refractivity (Wildman–Crippen MR) is 77.9 cm³/mol. The van der Waals surface area contributed by atoms with E-state index in [0.29, 0.717) is 17.0 Å². The highest BCUT2D eigenvalue weighted by molar-refractivity contribution is 6.01. The van der Waals surface area contributed by atoms with Gasteiger partial charge in [0.2, 0.25) is 0 Å². The van der Waals surface area contributed by atoms with Crippen molar-refractivity contribution in [3.05, 3.63) is 35.4 Å². The molecule has 5 heteroatoms. The minimum Gasteiger partial charge on any atom is -0.409 e. The summed E-state index contributed by atoms with van der Waals surface area (Å²) in [6.45, 7) is 0.798. The Morgan fingerprint density at radius 1 is 1.40 bits per heavy atom. The number of nitrogens with two attached hydrogens (primary N) is 1. The molecular weight excluding hydrogens is 254 g/mol. The molecule has 1 aliphatic carbocycles. The second kappa shape index (κ2) is 6.41. The molecule has 0 aromatic heterocycles. The summed E-state index contributed by atoms with van der Waals surface area (Å²) in [5, 5.41) is 11.6. The first-order chi connectivity index (χ1) is 9.61. The van der Waals surface area contributed by atoms with Gasteiger partial charge in [0.1, 0.15) is 0 Å². The van der Waals surface area contributed by atoms with Crippen LogP contribution in [-0.4, -0.2) is 35.4 Å². The molecule has 2 rings (SSSR count). The Bertz CT molecular complexity index is 508. The van der Waals surface area contributed by atoms with E-state index in [9.17, 15) is 4.79 Å². The summed E-state index contributed by atoms with van der Waals surface area (Å²) in [6, 6.07) is 6.86. The number of amidine groups is 1. The van der Waals surface area contributed by atoms with E-state index in [-0.39, 0.29) is 11.7 Å². The normalized spacial score (nSPS) is 16.4. The van der Waals surface area contributed by atoms with Gasteiger partial charge in [-0.25, -0.2) is 0 Å². The summed E-state index contributed by atoms with van der Waals surface area (Å²) in [4.78, 5) is 14.1. The van der Waals surface area contributed by atoms with Gasteiger partial charge in [0, 0.05) is 24.7 Å². The lowest BCUT2D eigenvalue weighted by molar-refractivity contribution is 0.0773. The molecule has 20 heavy (non-hydrogen) atoms. The van der Waals surface area contributed by atoms with Gasteiger partial charge >= 0.3 is 0 Å². The van der Waals surface area contributed by atoms with E-state index in [2.05, 4.69) is 5.16 Å². The molecule has 0 aliphatic heterocycles. The number of hydrogen-bond donors (Lipinski definition) is 2. The zero-order valence-corrected chi connectivity index (χ0v) is 11.7. The van der Waals surface area contributed by atoms with E-state index in [0.717, 1.165) is 6.54 Å². The molecule has 3 N–H and O–H groups in total. The van der Waals surface area contributed by atoms with Crippen LogP contribution < -0.4 is 5.73 Å². The highest BCUT2D eigenvalue weighted by Crippen LogP contribution is 2.25. The lowest BCUT2D eigenvalue weighted by Crippen LogP contribution is -2.31. The summed E-state index contributed by atoms with van der Waals surface area (Å²) in [5.74, 6) is 0.610. The van der Waals surface area contributed by atoms with Gasteiger partial charge in [-0.15, -0.1) is 0 Å². The monoisotopic (exact) mass is 275 g/mol. The van der Waals surface area contributed by atoms with E-state index in [4.69, 9.17) is 10.9 Å². The van der Waals surface area contributed by atoms with Gasteiger partial charge in [-0.2, -0.15) is 0 Å². The molecule has 108 valence electrons. The Kier molecular flexibility index (Phi) is 4.61. The second-order valence-electron chi connectivity index (χ2n) is 5.40. The number of nitrogens with zero attached hydrogens (tertiary/aromatic N) is 2. The van der Waals surface area contributed by atoms with Crippen LogP contribution in [0.2, 0.25) is 0 Å². The largest absolute Gasteiger partial charge is 0.409 e. The molecule has 1 amide bonds. The third-order valence-corrected chi connectivity index (χ3v) is 3.87. The fraction of sp³-hybridized carbons (Fsp3) is 0.467. The van der Waals surface area contributed by atoms with Crippen molar-refractivity contribution in [3.63, 3.8) is 0 Å². The maximum atomic E-state index is 12.4. The van der Waals surface area contributed by atoms with Crippen molar-refractivity contribution in [1.29, 1.82) is 0 Å². The average Bonchev–Trinajstić information content (AvgIpc) is 2.98. The Balaban J connectivity index is 2.07. The van der Waals surface area contributed by atoms with E-state index in [1.165, 1.54) is 25.7 Å². The molecule has 0 spiro atoms. The minimum absolute atomic E-state index is 0.0121. The molecule has 1 saturated carbocycles. The summed E-state index contributed by atoms with van der Waals surface area (Å²) in [6.07, 6.45) is 4.96. The number of amides is 1. The maximum absolute atomic E-state index is 12.4. The Hall–Kier alpha value is -2.04. The molecule has 0 atom stereocenters. The number of oxime groups is 1. The molecule has 0 radical (unpaired) electrons. The number of benzene rings is 1. The molecule has 0 heterocycles. The van der Waals surface area contributed by atoms with Gasteiger partial charge in [0.15, 0.2) is 5.84 Å². The van der Waals surface area contributed by atoms with Crippen LogP contribution in [0, 0.1) is 5.92 Å². The van der Waals surface area contributed by atoms with Gasteiger partial charge in [-0.3, -0.25) is 4.79 Å². The van der Waals surface area contributed by atoms with Gasteiger partial charge in [0.25, 0.3) is 5.91 Å². The maximum Gasteiger partial charge on any atom is 0.253 e. The van der Waals surface area contributed by atoms with Crippen LogP contribution in [-0.2, 0) is 0 Å². The molecule has 1 aromatic carbocycles. The van der Waals surface area contributed by atoms with Gasteiger partial charge in [0.05, 0.1) is 0 Å². The van der Waals surface area contributed by atoms with Gasteiger partial charge in [-0.05, 0) is 30.9 Å². The van der Waals surface area contributed by atoms with E-state index in [1.807, 2.05) is 7.05 Å². The number of rotatable bonds is 4. The highest BCUT2D eigenvalue weighted by atomic mass is 16.4. The average molecular weight is 275 g/mol. The van der Waals surface area contributed by atoms with E-state index >= 15 is 0 Å². The summed E-state index contributed by atoms with van der Waals surface area (Å²) in [7, 11) is 1.83. The molecule has 1 fully saturated rings. The van der Waals surface area contributed by atoms with Crippen molar-refractivity contribution < 1.29 is 10.0 Å². The molecular formula is C15H21N3O2. The quantitative estimate of drug-likeness (QED) is 0.382. The molecule has 0 bridgehead atoms. The molecule has 0 saturated heterocycles. The first-order valence-corrected chi connectivity index (χ1v) is 6.95. The van der Waals surface area contributed by atoms with Crippen molar-refractivity contribution in [3.8, 4) is 0 Å². The molecule has 1 aliphatic rings. The fourth-order valence-electron chi connectivity index (χ4n) is 2.75. The molecule has 5 nitrogen and oxygen atoms in total. The molecule has 1 aromatic rings. The molecule has 0 unspecified atom stereocenters. The Morgan fingerprint density at radius 3 is 2.70 bits per heavy atom. The third kappa shape index (κ3) is 3.29. The van der Waals surface area contributed by atoms with Crippen molar-refractivity contribution in [2.45, 2.75) is 25.7 Å². The smallest absolute Gasteiger partial charge is 0.253 e. The topological polar surface area (TPSA) is 78.9 Å². The second-order valence-corrected chi connectivity index (χ2v) is 5.40. The SMILES string of the molecule is CN(CC1CCCC1)C(=O)c1cccc(C(N)=NO)c1. The van der Waals surface area contributed by atoms with Gasteiger partial charge in [-0.1, -0.05) is 30.1 Å². The lowest BCUT2D eigenvalue weighted by Gasteiger charge is -2.21. The number of carbonyl (C=O) groups is 1. The standard InChI is InChI=1S/C15H21N3O2/c1-18(10-11-5-2-3-6-11)15(19)13-8-4-7-12(9-13)14(16)17-20/h4,7-9,11,20H,2-3,5-6,10H2,1H3,(H2,16,17).